The Kier molecular flexibility index (Phi) is 7.37. The lowest BCUT2D eigenvalue weighted by Crippen LogP contribution is -2.35. The summed E-state index contributed by atoms with van der Waals surface area (Å²) in [7, 11) is -3.74. The van der Waals surface area contributed by atoms with E-state index >= 15 is 0 Å². The number of esters is 1. The van der Waals surface area contributed by atoms with Gasteiger partial charge in [0.05, 0.1) is 21.7 Å². The SMILES string of the molecule is CCOC(=O)Cn1c(=NC(=O)c2ccc(S(=O)(=O)N3CCc4ccccc4C3)cc2)sc2cc3c(cc21)OCCO3. The van der Waals surface area contributed by atoms with Crippen LogP contribution in [0.25, 0.3) is 10.2 Å². The molecule has 2 aliphatic rings. The standard InChI is InChI=1S/C29H27N3O7S2/c1-2-37-27(33)18-32-23-15-24-25(39-14-13-38-24)16-26(23)40-29(32)30-28(34)20-7-9-22(10-8-20)41(35,36)31-12-11-19-5-3-4-6-21(19)17-31/h3-10,15-16H,2,11-14,17-18H2,1H3. The molecule has 0 radical (unpaired) electrons. The van der Waals surface area contributed by atoms with Gasteiger partial charge in [0.2, 0.25) is 10.0 Å². The van der Waals surface area contributed by atoms with Gasteiger partial charge in [-0.25, -0.2) is 8.42 Å². The maximum atomic E-state index is 13.3. The minimum Gasteiger partial charge on any atom is -0.486 e. The Balaban J connectivity index is 1.30. The summed E-state index contributed by atoms with van der Waals surface area (Å²) < 4.78 is 47.0. The zero-order chi connectivity index (χ0) is 28.6. The fourth-order valence-corrected chi connectivity index (χ4v) is 7.38. The molecular formula is C29H27N3O7S2. The Labute approximate surface area is 240 Å². The van der Waals surface area contributed by atoms with E-state index in [4.69, 9.17) is 14.2 Å². The van der Waals surface area contributed by atoms with Crippen LogP contribution in [0.15, 0.2) is 70.6 Å². The molecule has 0 fully saturated rings. The zero-order valence-electron chi connectivity index (χ0n) is 22.2. The third-order valence-corrected chi connectivity index (χ3v) is 9.87. The molecule has 12 heteroatoms. The predicted octanol–water partition coefficient (Wildman–Crippen LogP) is 3.53. The highest BCUT2D eigenvalue weighted by Crippen LogP contribution is 2.35. The lowest BCUT2D eigenvalue weighted by atomic mass is 10.0. The van der Waals surface area contributed by atoms with Gasteiger partial charge in [-0.05, 0) is 48.7 Å². The van der Waals surface area contributed by atoms with Crippen molar-refractivity contribution in [2.24, 2.45) is 4.99 Å². The van der Waals surface area contributed by atoms with Crippen LogP contribution in [0.5, 0.6) is 11.5 Å². The van der Waals surface area contributed by atoms with Crippen LogP contribution in [0.4, 0.5) is 0 Å². The first kappa shape index (κ1) is 27.2. The van der Waals surface area contributed by atoms with Gasteiger partial charge in [-0.15, -0.1) is 0 Å². The van der Waals surface area contributed by atoms with Gasteiger partial charge >= 0.3 is 5.97 Å². The molecule has 0 N–H and O–H groups in total. The number of thiazole rings is 1. The number of ether oxygens (including phenoxy) is 3. The minimum absolute atomic E-state index is 0.109. The van der Waals surface area contributed by atoms with Crippen molar-refractivity contribution in [1.29, 1.82) is 0 Å². The Morgan fingerprint density at radius 2 is 1.71 bits per heavy atom. The quantitative estimate of drug-likeness (QED) is 0.314. The topological polar surface area (TPSA) is 117 Å². The summed E-state index contributed by atoms with van der Waals surface area (Å²) in [4.78, 5) is 30.3. The van der Waals surface area contributed by atoms with E-state index in [2.05, 4.69) is 4.99 Å². The number of hydrogen-bond donors (Lipinski definition) is 0. The molecule has 0 atom stereocenters. The van der Waals surface area contributed by atoms with Crippen molar-refractivity contribution in [2.45, 2.75) is 31.3 Å². The Morgan fingerprint density at radius 1 is 1.00 bits per heavy atom. The van der Waals surface area contributed by atoms with Crippen molar-refractivity contribution in [3.63, 3.8) is 0 Å². The van der Waals surface area contributed by atoms with Crippen molar-refractivity contribution in [3.8, 4) is 11.5 Å². The first-order chi connectivity index (χ1) is 19.8. The molecule has 2 aliphatic heterocycles. The smallest absolute Gasteiger partial charge is 0.326 e. The van der Waals surface area contributed by atoms with Gasteiger partial charge in [-0.3, -0.25) is 9.59 Å². The van der Waals surface area contributed by atoms with Crippen LogP contribution in [0.1, 0.15) is 28.4 Å². The van der Waals surface area contributed by atoms with Crippen LogP contribution in [0.2, 0.25) is 0 Å². The van der Waals surface area contributed by atoms with Crippen molar-refractivity contribution in [3.05, 3.63) is 82.2 Å². The molecule has 1 aromatic heterocycles. The van der Waals surface area contributed by atoms with E-state index in [1.165, 1.54) is 39.9 Å². The number of benzene rings is 3. The Hall–Kier alpha value is -4.00. The van der Waals surface area contributed by atoms with Gasteiger partial charge < -0.3 is 18.8 Å². The number of hydrogen-bond acceptors (Lipinski definition) is 8. The number of aromatic nitrogens is 1. The van der Waals surface area contributed by atoms with Crippen LogP contribution in [-0.4, -0.2) is 55.5 Å². The fraction of sp³-hybridized carbons (Fsp3) is 0.276. The number of carbonyl (C=O) groups is 2. The van der Waals surface area contributed by atoms with Gasteiger partial charge in [-0.1, -0.05) is 35.6 Å². The minimum atomic E-state index is -3.74. The zero-order valence-corrected chi connectivity index (χ0v) is 23.9. The maximum Gasteiger partial charge on any atom is 0.326 e. The molecule has 3 aromatic carbocycles. The van der Waals surface area contributed by atoms with E-state index in [1.54, 1.807) is 23.6 Å². The van der Waals surface area contributed by atoms with Crippen LogP contribution in [0.3, 0.4) is 0 Å². The summed E-state index contributed by atoms with van der Waals surface area (Å²) in [5.41, 5.74) is 3.02. The Morgan fingerprint density at radius 3 is 2.44 bits per heavy atom. The molecule has 212 valence electrons. The number of carbonyl (C=O) groups excluding carboxylic acids is 2. The number of sulfonamides is 1. The molecule has 10 nitrogen and oxygen atoms in total. The predicted molar refractivity (Wildman–Crippen MR) is 152 cm³/mol. The van der Waals surface area contributed by atoms with Gasteiger partial charge in [0, 0.05) is 30.8 Å². The monoisotopic (exact) mass is 593 g/mol. The summed E-state index contributed by atoms with van der Waals surface area (Å²) in [5, 5.41) is 0. The van der Waals surface area contributed by atoms with E-state index in [-0.39, 0.29) is 23.6 Å². The lowest BCUT2D eigenvalue weighted by molar-refractivity contribution is -0.143. The van der Waals surface area contributed by atoms with Crippen LogP contribution >= 0.6 is 11.3 Å². The van der Waals surface area contributed by atoms with E-state index in [0.717, 1.165) is 15.8 Å². The van der Waals surface area contributed by atoms with Gasteiger partial charge in [0.1, 0.15) is 19.8 Å². The normalized spacial score (nSPS) is 15.5. The summed E-state index contributed by atoms with van der Waals surface area (Å²) in [6.45, 7) is 3.33. The average Bonchev–Trinajstić information content (AvgIpc) is 3.30. The molecule has 6 rings (SSSR count). The number of rotatable bonds is 6. The highest BCUT2D eigenvalue weighted by atomic mass is 32.2. The Bertz CT molecular complexity index is 1830. The third kappa shape index (κ3) is 5.37. The van der Waals surface area contributed by atoms with Crippen molar-refractivity contribution in [1.82, 2.24) is 8.87 Å². The third-order valence-electron chi connectivity index (χ3n) is 6.97. The van der Waals surface area contributed by atoms with Crippen LogP contribution in [-0.2, 0) is 39.1 Å². The van der Waals surface area contributed by atoms with Crippen molar-refractivity contribution >= 4 is 43.5 Å². The molecule has 0 aliphatic carbocycles. The van der Waals surface area contributed by atoms with E-state index in [0.29, 0.717) is 54.5 Å². The highest BCUT2D eigenvalue weighted by molar-refractivity contribution is 7.89. The number of amides is 1. The molecule has 0 saturated carbocycles. The van der Waals surface area contributed by atoms with Crippen molar-refractivity contribution < 1.29 is 32.2 Å². The molecule has 0 saturated heterocycles. The largest absolute Gasteiger partial charge is 0.486 e. The molecule has 1 amide bonds. The first-order valence-corrected chi connectivity index (χ1v) is 15.4. The molecule has 0 bridgehead atoms. The average molecular weight is 594 g/mol. The van der Waals surface area contributed by atoms with Gasteiger partial charge in [0.25, 0.3) is 5.91 Å². The molecular weight excluding hydrogens is 566 g/mol. The molecule has 41 heavy (non-hydrogen) atoms. The molecule has 3 heterocycles. The molecule has 0 unspecified atom stereocenters. The molecule has 0 spiro atoms. The van der Waals surface area contributed by atoms with Crippen LogP contribution < -0.4 is 14.3 Å². The number of fused-ring (bicyclic) bond motifs is 3. The van der Waals surface area contributed by atoms with Gasteiger partial charge in [-0.2, -0.15) is 9.30 Å². The first-order valence-electron chi connectivity index (χ1n) is 13.2. The summed E-state index contributed by atoms with van der Waals surface area (Å²) in [6.07, 6.45) is 0.646. The highest BCUT2D eigenvalue weighted by Gasteiger charge is 2.28. The fourth-order valence-electron chi connectivity index (χ4n) is 4.93. The number of nitrogens with zero attached hydrogens (tertiary/aromatic N) is 3. The van der Waals surface area contributed by atoms with E-state index in [9.17, 15) is 18.0 Å². The van der Waals surface area contributed by atoms with Crippen LogP contribution in [0, 0.1) is 0 Å². The summed E-state index contributed by atoms with van der Waals surface area (Å²) in [6, 6.07) is 17.2. The second kappa shape index (κ2) is 11.1. The summed E-state index contributed by atoms with van der Waals surface area (Å²) in [5.74, 6) is 0.0966. The second-order valence-corrected chi connectivity index (χ2v) is 12.5. The van der Waals surface area contributed by atoms with Crippen molar-refractivity contribution in [2.75, 3.05) is 26.4 Å². The van der Waals surface area contributed by atoms with Gasteiger partial charge in [0.15, 0.2) is 16.3 Å². The lowest BCUT2D eigenvalue weighted by Gasteiger charge is -2.28. The van der Waals surface area contributed by atoms with E-state index < -0.39 is 21.9 Å². The van der Waals surface area contributed by atoms with E-state index in [1.807, 2.05) is 24.3 Å². The maximum absolute atomic E-state index is 13.3. The second-order valence-electron chi connectivity index (χ2n) is 9.54. The summed E-state index contributed by atoms with van der Waals surface area (Å²) >= 11 is 1.23. The molecule has 4 aromatic rings.